The Morgan fingerprint density at radius 1 is 1.46 bits per heavy atom. The van der Waals surface area contributed by atoms with Crippen LogP contribution in [0.3, 0.4) is 0 Å². The molecule has 120 valence electrons. The number of imidazole rings is 1. The summed E-state index contributed by atoms with van der Waals surface area (Å²) >= 11 is 5.95. The molecule has 3 aromatic rings. The standard InChI is InChI=1S/C15H11ClN6O2/c1-8(14-20-11-3-2-10(16)6-12(11)21-14)19-15-13(22(23)24)9(7-17)4-5-18-15/h2-6,8H,1H3,(H,18,19)(H,20,21)/t8-/m0/s1. The maximum absolute atomic E-state index is 11.2. The van der Waals surface area contributed by atoms with Crippen molar-refractivity contribution in [3.63, 3.8) is 0 Å². The van der Waals surface area contributed by atoms with Gasteiger partial charge < -0.3 is 10.3 Å². The average molecular weight is 343 g/mol. The summed E-state index contributed by atoms with van der Waals surface area (Å²) in [6.45, 7) is 1.78. The molecule has 0 aliphatic heterocycles. The van der Waals surface area contributed by atoms with Crippen molar-refractivity contribution >= 4 is 34.1 Å². The van der Waals surface area contributed by atoms with Gasteiger partial charge in [0.2, 0.25) is 5.82 Å². The molecule has 0 amide bonds. The zero-order chi connectivity index (χ0) is 17.3. The van der Waals surface area contributed by atoms with E-state index in [2.05, 4.69) is 20.3 Å². The summed E-state index contributed by atoms with van der Waals surface area (Å²) in [5.41, 5.74) is 1.09. The maximum atomic E-state index is 11.2. The Bertz CT molecular complexity index is 978. The minimum atomic E-state index is -0.626. The van der Waals surface area contributed by atoms with Crippen molar-refractivity contribution in [1.82, 2.24) is 15.0 Å². The third-order valence-corrected chi connectivity index (χ3v) is 3.69. The second kappa shape index (κ2) is 6.14. The van der Waals surface area contributed by atoms with Gasteiger partial charge in [-0.3, -0.25) is 10.1 Å². The number of pyridine rings is 1. The van der Waals surface area contributed by atoms with Gasteiger partial charge in [-0.1, -0.05) is 11.6 Å². The first-order valence-corrected chi connectivity index (χ1v) is 7.32. The molecule has 8 nitrogen and oxygen atoms in total. The van der Waals surface area contributed by atoms with Crippen LogP contribution in [-0.4, -0.2) is 19.9 Å². The van der Waals surface area contributed by atoms with Crippen LogP contribution in [0.1, 0.15) is 24.4 Å². The van der Waals surface area contributed by atoms with Crippen LogP contribution in [0.5, 0.6) is 0 Å². The SMILES string of the molecule is C[C@H](Nc1nccc(C#N)c1[N+](=O)[O-])c1nc2ccc(Cl)cc2[nH]1. The molecule has 0 spiro atoms. The molecule has 2 N–H and O–H groups in total. The minimum Gasteiger partial charge on any atom is -0.355 e. The highest BCUT2D eigenvalue weighted by Crippen LogP contribution is 2.29. The smallest absolute Gasteiger partial charge is 0.328 e. The van der Waals surface area contributed by atoms with E-state index >= 15 is 0 Å². The lowest BCUT2D eigenvalue weighted by Crippen LogP contribution is -2.11. The number of nitrogens with zero attached hydrogens (tertiary/aromatic N) is 4. The number of aromatic amines is 1. The van der Waals surface area contributed by atoms with Crippen LogP contribution in [0.2, 0.25) is 5.02 Å². The number of halogens is 1. The van der Waals surface area contributed by atoms with E-state index in [9.17, 15) is 10.1 Å². The molecular formula is C15H11ClN6O2. The fourth-order valence-electron chi connectivity index (χ4n) is 2.31. The van der Waals surface area contributed by atoms with Crippen molar-refractivity contribution in [2.24, 2.45) is 0 Å². The van der Waals surface area contributed by atoms with Crippen molar-refractivity contribution in [2.75, 3.05) is 5.32 Å². The first kappa shape index (κ1) is 15.7. The molecule has 3 rings (SSSR count). The van der Waals surface area contributed by atoms with Crippen LogP contribution in [0.25, 0.3) is 11.0 Å². The van der Waals surface area contributed by atoms with E-state index in [0.29, 0.717) is 10.8 Å². The first-order chi connectivity index (χ1) is 11.5. The molecule has 2 aromatic heterocycles. The van der Waals surface area contributed by atoms with Gasteiger partial charge in [0.15, 0.2) is 0 Å². The van der Waals surface area contributed by atoms with E-state index in [0.717, 1.165) is 11.0 Å². The predicted octanol–water partition coefficient (Wildman–Crippen LogP) is 3.56. The third kappa shape index (κ3) is 2.85. The second-order valence-corrected chi connectivity index (χ2v) is 5.51. The quantitative estimate of drug-likeness (QED) is 0.552. The lowest BCUT2D eigenvalue weighted by Gasteiger charge is -2.12. The Kier molecular flexibility index (Phi) is 4.02. The molecule has 0 radical (unpaired) electrons. The van der Waals surface area contributed by atoms with Gasteiger partial charge in [-0.2, -0.15) is 5.26 Å². The maximum Gasteiger partial charge on any atom is 0.328 e. The van der Waals surface area contributed by atoms with Crippen LogP contribution in [-0.2, 0) is 0 Å². The highest BCUT2D eigenvalue weighted by atomic mass is 35.5. The summed E-state index contributed by atoms with van der Waals surface area (Å²) in [5, 5.41) is 23.8. The highest BCUT2D eigenvalue weighted by Gasteiger charge is 2.23. The van der Waals surface area contributed by atoms with Crippen molar-refractivity contribution in [1.29, 1.82) is 5.26 Å². The number of fused-ring (bicyclic) bond motifs is 1. The Labute approximate surface area is 141 Å². The van der Waals surface area contributed by atoms with Crippen LogP contribution >= 0.6 is 11.6 Å². The van der Waals surface area contributed by atoms with Crippen LogP contribution in [0.15, 0.2) is 30.5 Å². The Morgan fingerprint density at radius 3 is 2.96 bits per heavy atom. The van der Waals surface area contributed by atoms with Gasteiger partial charge in [0.1, 0.15) is 17.5 Å². The largest absolute Gasteiger partial charge is 0.355 e. The van der Waals surface area contributed by atoms with Gasteiger partial charge in [0.05, 0.1) is 22.0 Å². The fourth-order valence-corrected chi connectivity index (χ4v) is 2.49. The lowest BCUT2D eigenvalue weighted by atomic mass is 10.2. The highest BCUT2D eigenvalue weighted by molar-refractivity contribution is 6.31. The third-order valence-electron chi connectivity index (χ3n) is 3.45. The summed E-state index contributed by atoms with van der Waals surface area (Å²) in [6.07, 6.45) is 1.35. The summed E-state index contributed by atoms with van der Waals surface area (Å²) in [5.74, 6) is 0.593. The number of H-pyrrole nitrogens is 1. The first-order valence-electron chi connectivity index (χ1n) is 6.95. The Balaban J connectivity index is 1.95. The number of anilines is 1. The van der Waals surface area contributed by atoms with E-state index in [-0.39, 0.29) is 17.1 Å². The number of aromatic nitrogens is 3. The summed E-state index contributed by atoms with van der Waals surface area (Å²) in [6, 6.07) is 7.97. The van der Waals surface area contributed by atoms with Crippen molar-refractivity contribution < 1.29 is 4.92 Å². The summed E-state index contributed by atoms with van der Waals surface area (Å²) in [7, 11) is 0. The molecule has 0 fully saturated rings. The molecule has 1 atom stereocenters. The van der Waals surface area contributed by atoms with Crippen LogP contribution < -0.4 is 5.32 Å². The second-order valence-electron chi connectivity index (χ2n) is 5.07. The van der Waals surface area contributed by atoms with Gasteiger partial charge >= 0.3 is 5.69 Å². The fraction of sp³-hybridized carbons (Fsp3) is 0.133. The van der Waals surface area contributed by atoms with Crippen LogP contribution in [0, 0.1) is 21.4 Å². The van der Waals surface area contributed by atoms with Crippen molar-refractivity contribution in [2.45, 2.75) is 13.0 Å². The van der Waals surface area contributed by atoms with E-state index in [1.165, 1.54) is 12.3 Å². The minimum absolute atomic E-state index is 0.0186. The number of benzene rings is 1. The van der Waals surface area contributed by atoms with Gasteiger partial charge in [-0.05, 0) is 31.2 Å². The number of hydrogen-bond donors (Lipinski definition) is 2. The molecule has 1 aromatic carbocycles. The zero-order valence-corrected chi connectivity index (χ0v) is 13.2. The molecule has 0 aliphatic rings. The lowest BCUT2D eigenvalue weighted by molar-refractivity contribution is -0.384. The molecule has 0 bridgehead atoms. The van der Waals surface area contributed by atoms with Gasteiger partial charge in [0.25, 0.3) is 0 Å². The normalized spacial score (nSPS) is 11.9. The molecule has 0 saturated carbocycles. The molecule has 24 heavy (non-hydrogen) atoms. The van der Waals surface area contributed by atoms with Gasteiger partial charge in [0, 0.05) is 11.2 Å². The summed E-state index contributed by atoms with van der Waals surface area (Å²) in [4.78, 5) is 22.1. The monoisotopic (exact) mass is 342 g/mol. The summed E-state index contributed by atoms with van der Waals surface area (Å²) < 4.78 is 0. The van der Waals surface area contributed by atoms with Crippen LogP contribution in [0.4, 0.5) is 11.5 Å². The predicted molar refractivity (Wildman–Crippen MR) is 88.7 cm³/mol. The molecule has 9 heteroatoms. The molecule has 0 saturated heterocycles. The molecule has 0 aliphatic carbocycles. The number of nitriles is 1. The number of rotatable bonds is 4. The topological polar surface area (TPSA) is 121 Å². The van der Waals surface area contributed by atoms with E-state index < -0.39 is 11.0 Å². The number of nitrogens with one attached hydrogen (secondary N) is 2. The van der Waals surface area contributed by atoms with E-state index in [4.69, 9.17) is 16.9 Å². The molecule has 0 unspecified atom stereocenters. The Hall–Kier alpha value is -3.18. The van der Waals surface area contributed by atoms with Crippen molar-refractivity contribution in [3.05, 3.63) is 57.0 Å². The van der Waals surface area contributed by atoms with E-state index in [1.807, 2.05) is 0 Å². The van der Waals surface area contributed by atoms with Crippen molar-refractivity contribution in [3.8, 4) is 6.07 Å². The molecule has 2 heterocycles. The van der Waals surface area contributed by atoms with Gasteiger partial charge in [-0.25, -0.2) is 9.97 Å². The zero-order valence-electron chi connectivity index (χ0n) is 12.4. The average Bonchev–Trinajstić information content (AvgIpc) is 2.97. The number of nitro groups is 1. The number of hydrogen-bond acceptors (Lipinski definition) is 6. The van der Waals surface area contributed by atoms with Gasteiger partial charge in [-0.15, -0.1) is 0 Å². The Morgan fingerprint density at radius 2 is 2.25 bits per heavy atom. The molecular weight excluding hydrogens is 332 g/mol. The van der Waals surface area contributed by atoms with E-state index in [1.54, 1.807) is 31.2 Å².